The van der Waals surface area contributed by atoms with E-state index in [1.165, 1.54) is 16.8 Å². The van der Waals surface area contributed by atoms with Crippen molar-refractivity contribution >= 4 is 16.6 Å². The molecule has 0 spiro atoms. The number of allylic oxidation sites excluding steroid dienone is 4. The smallest absolute Gasteiger partial charge is 0.367 e. The number of halogens is 5. The number of likely N-dealkylation sites (N-methyl/N-ethyl adjacent to an activating group) is 1. The van der Waals surface area contributed by atoms with Crippen LogP contribution in [-0.4, -0.2) is 52.8 Å². The van der Waals surface area contributed by atoms with E-state index in [0.717, 1.165) is 23.8 Å². The van der Waals surface area contributed by atoms with Crippen molar-refractivity contribution in [3.05, 3.63) is 111 Å². The first-order chi connectivity index (χ1) is 20.6. The molecular weight excluding hydrogens is 569 g/mol. The molecule has 2 aromatic heterocycles. The summed E-state index contributed by atoms with van der Waals surface area (Å²) in [6.45, 7) is 2.27. The maximum absolute atomic E-state index is 15.5. The van der Waals surface area contributed by atoms with Crippen molar-refractivity contribution in [2.45, 2.75) is 19.1 Å². The summed E-state index contributed by atoms with van der Waals surface area (Å²) in [4.78, 5) is 22.0. The fourth-order valence-electron chi connectivity index (χ4n) is 5.11. The molecular formula is C31H24F5N5O2. The van der Waals surface area contributed by atoms with Crippen molar-refractivity contribution in [3.63, 3.8) is 0 Å². The molecule has 0 atom stereocenters. The molecule has 2 aromatic carbocycles. The van der Waals surface area contributed by atoms with Gasteiger partial charge >= 0.3 is 6.18 Å². The molecule has 0 radical (unpaired) electrons. The Bertz CT molecular complexity index is 1920. The van der Waals surface area contributed by atoms with Gasteiger partial charge in [0.2, 0.25) is 17.1 Å². The van der Waals surface area contributed by atoms with Crippen molar-refractivity contribution in [2.24, 2.45) is 0 Å². The highest BCUT2D eigenvalue weighted by Gasteiger charge is 2.31. The number of anilines is 1. The average molecular weight is 594 g/mol. The molecule has 0 bridgehead atoms. The van der Waals surface area contributed by atoms with Crippen LogP contribution in [0.25, 0.3) is 22.3 Å². The fraction of sp³-hybridized carbons (Fsp3) is 0.258. The summed E-state index contributed by atoms with van der Waals surface area (Å²) in [5.74, 6) is -1.54. The molecule has 7 nitrogen and oxygen atoms in total. The van der Waals surface area contributed by atoms with E-state index in [1.807, 2.05) is 11.9 Å². The first-order valence-electron chi connectivity index (χ1n) is 13.4. The molecule has 6 rings (SSSR count). The van der Waals surface area contributed by atoms with Gasteiger partial charge in [0.05, 0.1) is 35.3 Å². The van der Waals surface area contributed by atoms with Gasteiger partial charge in [0.25, 0.3) is 0 Å². The van der Waals surface area contributed by atoms with Crippen LogP contribution in [0.5, 0.6) is 0 Å². The number of hydrogen-bond acceptors (Lipinski definition) is 6. The van der Waals surface area contributed by atoms with Crippen molar-refractivity contribution in [2.75, 3.05) is 38.1 Å². The first kappa shape index (κ1) is 28.4. The van der Waals surface area contributed by atoms with E-state index in [1.54, 1.807) is 18.2 Å². The molecule has 0 unspecified atom stereocenters. The van der Waals surface area contributed by atoms with Crippen LogP contribution >= 0.6 is 0 Å². The Morgan fingerprint density at radius 1 is 1.05 bits per heavy atom. The van der Waals surface area contributed by atoms with Gasteiger partial charge in [-0.3, -0.25) is 4.79 Å². The number of nitrogens with zero attached hydrogens (tertiary/aromatic N) is 5. The second-order valence-electron chi connectivity index (χ2n) is 10.4. The van der Waals surface area contributed by atoms with Gasteiger partial charge in [-0.15, -0.1) is 0 Å². The van der Waals surface area contributed by atoms with Crippen LogP contribution in [0.15, 0.2) is 81.1 Å². The van der Waals surface area contributed by atoms with E-state index in [0.29, 0.717) is 32.2 Å². The highest BCUT2D eigenvalue weighted by Crippen LogP contribution is 2.32. The summed E-state index contributed by atoms with van der Waals surface area (Å²) < 4.78 is 76.8. The Kier molecular flexibility index (Phi) is 7.35. The first-order valence-corrected chi connectivity index (χ1v) is 13.4. The van der Waals surface area contributed by atoms with Crippen LogP contribution in [0, 0.1) is 11.6 Å². The van der Waals surface area contributed by atoms with Gasteiger partial charge in [-0.2, -0.15) is 18.2 Å². The standard InChI is InChI=1S/C31H24F5N5O2/c1-39-9-11-40(12-10-39)27-16-26-22(15-25(27)33)29(42)23(30-37-28(43-38-30)13-19-5-3-2-4-6-19)18-41(26)17-20-7-8-21(14-24(20)32)31(34,35)36/h2-3,5,7-8,14-16,18H,9-13,17H2,1H3. The van der Waals surface area contributed by atoms with E-state index in [-0.39, 0.29) is 52.4 Å². The summed E-state index contributed by atoms with van der Waals surface area (Å²) in [5, 5.41) is 3.93. The Labute approximate surface area is 242 Å². The number of rotatable bonds is 6. The lowest BCUT2D eigenvalue weighted by atomic mass is 10.1. The minimum absolute atomic E-state index is 0.0162. The monoisotopic (exact) mass is 593 g/mol. The largest absolute Gasteiger partial charge is 0.416 e. The lowest BCUT2D eigenvalue weighted by Crippen LogP contribution is -2.44. The summed E-state index contributed by atoms with van der Waals surface area (Å²) in [7, 11) is 1.96. The predicted octanol–water partition coefficient (Wildman–Crippen LogP) is 5.50. The average Bonchev–Trinajstić information content (AvgIpc) is 3.44. The minimum Gasteiger partial charge on any atom is -0.367 e. The second kappa shape index (κ2) is 11.1. The number of aromatic nitrogens is 3. The van der Waals surface area contributed by atoms with Crippen molar-refractivity contribution in [3.8, 4) is 11.4 Å². The normalized spacial score (nSPS) is 15.5. The molecule has 0 amide bonds. The second-order valence-corrected chi connectivity index (χ2v) is 10.4. The van der Waals surface area contributed by atoms with Crippen molar-refractivity contribution in [1.82, 2.24) is 19.6 Å². The van der Waals surface area contributed by atoms with Gasteiger partial charge in [0.1, 0.15) is 11.6 Å². The molecule has 43 heavy (non-hydrogen) atoms. The zero-order valence-corrected chi connectivity index (χ0v) is 22.9. The summed E-state index contributed by atoms with van der Waals surface area (Å²) >= 11 is 0. The van der Waals surface area contributed by atoms with Crippen LogP contribution in [0.2, 0.25) is 0 Å². The Balaban J connectivity index is 1.47. The lowest BCUT2D eigenvalue weighted by Gasteiger charge is -2.34. The number of fused-ring (bicyclic) bond motifs is 1. The van der Waals surface area contributed by atoms with Crippen LogP contribution in [-0.2, 0) is 19.1 Å². The maximum Gasteiger partial charge on any atom is 0.416 e. The van der Waals surface area contributed by atoms with E-state index in [9.17, 15) is 22.4 Å². The number of piperazine rings is 1. The molecule has 2 aliphatic rings. The Morgan fingerprint density at radius 3 is 2.53 bits per heavy atom. The van der Waals surface area contributed by atoms with Crippen molar-refractivity contribution in [1.29, 1.82) is 0 Å². The van der Waals surface area contributed by atoms with Crippen LogP contribution in [0.3, 0.4) is 0 Å². The summed E-state index contributed by atoms with van der Waals surface area (Å²) in [6, 6.07) is 4.92. The van der Waals surface area contributed by atoms with Gasteiger partial charge in [-0.1, -0.05) is 28.8 Å². The Morgan fingerprint density at radius 2 is 1.84 bits per heavy atom. The highest BCUT2D eigenvalue weighted by molar-refractivity contribution is 5.86. The predicted molar refractivity (Wildman–Crippen MR) is 150 cm³/mol. The van der Waals surface area contributed by atoms with E-state index in [4.69, 9.17) is 4.52 Å². The third-order valence-electron chi connectivity index (χ3n) is 7.47. The SMILES string of the molecule is CN1CCN(c2cc3c(cc2F)c(=O)c(-c2noc(CC4=C=C=CC=C4)n2)cn3Cc2ccc(C(F)(F)F)cc2F)CC1. The van der Waals surface area contributed by atoms with Crippen molar-refractivity contribution < 1.29 is 26.5 Å². The molecule has 1 fully saturated rings. The van der Waals surface area contributed by atoms with Gasteiger partial charge < -0.3 is 18.9 Å². The molecule has 1 aliphatic carbocycles. The van der Waals surface area contributed by atoms with E-state index in [2.05, 4.69) is 26.5 Å². The number of pyridine rings is 1. The minimum atomic E-state index is -4.71. The van der Waals surface area contributed by atoms with Gasteiger partial charge in [-0.25, -0.2) is 8.78 Å². The van der Waals surface area contributed by atoms with Gasteiger partial charge in [0, 0.05) is 48.9 Å². The molecule has 1 aliphatic heterocycles. The number of hydrogen-bond donors (Lipinski definition) is 0. The fourth-order valence-corrected chi connectivity index (χ4v) is 5.11. The molecule has 4 aromatic rings. The topological polar surface area (TPSA) is 67.4 Å². The summed E-state index contributed by atoms with van der Waals surface area (Å²) in [6.07, 6.45) is 2.17. The maximum atomic E-state index is 15.5. The quantitative estimate of drug-likeness (QED) is 0.218. The van der Waals surface area contributed by atoms with Crippen LogP contribution in [0.1, 0.15) is 17.0 Å². The molecule has 220 valence electrons. The van der Waals surface area contributed by atoms with Gasteiger partial charge in [-0.05, 0) is 43.5 Å². The Hall–Kier alpha value is -4.76. The molecule has 1 saturated heterocycles. The molecule has 0 N–H and O–H groups in total. The van der Waals surface area contributed by atoms with Crippen LogP contribution in [0.4, 0.5) is 27.6 Å². The third-order valence-corrected chi connectivity index (χ3v) is 7.47. The van der Waals surface area contributed by atoms with Crippen LogP contribution < -0.4 is 10.3 Å². The third kappa shape index (κ3) is 5.81. The molecule has 0 saturated carbocycles. The van der Waals surface area contributed by atoms with Gasteiger partial charge in [0.15, 0.2) is 0 Å². The number of benzene rings is 2. The number of alkyl halides is 3. The zero-order valence-electron chi connectivity index (χ0n) is 22.9. The van der Waals surface area contributed by atoms with E-state index < -0.39 is 28.8 Å². The lowest BCUT2D eigenvalue weighted by molar-refractivity contribution is -0.137. The zero-order chi connectivity index (χ0) is 30.3. The van der Waals surface area contributed by atoms with E-state index >= 15 is 4.39 Å². The summed E-state index contributed by atoms with van der Waals surface area (Å²) in [5.41, 5.74) is 5.24. The highest BCUT2D eigenvalue weighted by atomic mass is 19.4. The molecule has 3 heterocycles. The molecule has 12 heteroatoms.